The number of aromatic nitrogens is 1. The maximum Gasteiger partial charge on any atom is 0.330 e. The highest BCUT2D eigenvalue weighted by atomic mass is 32.2. The predicted molar refractivity (Wildman–Crippen MR) is 110 cm³/mol. The summed E-state index contributed by atoms with van der Waals surface area (Å²) in [4.78, 5) is 23.0. The summed E-state index contributed by atoms with van der Waals surface area (Å²) in [6, 6.07) is 6.69. The van der Waals surface area contributed by atoms with Crippen LogP contribution in [0.3, 0.4) is 0 Å². The minimum atomic E-state index is -3.22. The number of benzene rings is 1. The van der Waals surface area contributed by atoms with Crippen molar-refractivity contribution in [3.8, 4) is 11.3 Å². The Labute approximate surface area is 170 Å². The van der Waals surface area contributed by atoms with Crippen LogP contribution in [0.2, 0.25) is 0 Å². The lowest BCUT2D eigenvalue weighted by Crippen LogP contribution is -2.38. The number of piperidine rings is 1. The second-order valence-electron chi connectivity index (χ2n) is 8.15. The number of carbonyl (C=O) groups excluding carboxylic acids is 1. The summed E-state index contributed by atoms with van der Waals surface area (Å²) >= 11 is 1.54. The van der Waals surface area contributed by atoms with Gasteiger partial charge < -0.3 is 4.84 Å². The van der Waals surface area contributed by atoms with E-state index in [0.717, 1.165) is 35.5 Å². The van der Waals surface area contributed by atoms with Gasteiger partial charge in [0.25, 0.3) is 0 Å². The second-order valence-corrected chi connectivity index (χ2v) is 11.1. The lowest BCUT2D eigenvalue weighted by molar-refractivity contribution is -0.218. The van der Waals surface area contributed by atoms with E-state index in [1.807, 2.05) is 26.2 Å². The molecule has 6 nitrogen and oxygen atoms in total. The Morgan fingerprint density at radius 1 is 1.21 bits per heavy atom. The minimum absolute atomic E-state index is 0.0471. The van der Waals surface area contributed by atoms with Crippen LogP contribution in [0.5, 0.6) is 0 Å². The van der Waals surface area contributed by atoms with E-state index in [1.54, 1.807) is 29.3 Å². The molecule has 28 heavy (non-hydrogen) atoms. The standard InChI is InChI=1S/C20H26N2O4S2/c1-20(2,3)19(23)26-22-12-6-5-7-17(22)18-21-16(13-27-18)14-8-10-15(11-9-14)28(4,24)25/h8-11,13,17H,5-7,12H2,1-4H3/t17-/m1/s1. The zero-order valence-corrected chi connectivity index (χ0v) is 18.3. The molecule has 0 bridgehead atoms. The third-order valence-electron chi connectivity index (χ3n) is 4.65. The van der Waals surface area contributed by atoms with E-state index < -0.39 is 15.3 Å². The Hall–Kier alpha value is -1.77. The van der Waals surface area contributed by atoms with E-state index in [-0.39, 0.29) is 12.0 Å². The van der Waals surface area contributed by atoms with Crippen LogP contribution >= 0.6 is 11.3 Å². The molecule has 1 aliphatic heterocycles. The van der Waals surface area contributed by atoms with Gasteiger partial charge in [0.2, 0.25) is 0 Å². The molecule has 2 heterocycles. The second kappa shape index (κ2) is 7.93. The summed E-state index contributed by atoms with van der Waals surface area (Å²) in [6.07, 6.45) is 4.13. The molecule has 3 rings (SSSR count). The number of thiazole rings is 1. The van der Waals surface area contributed by atoms with Crippen molar-refractivity contribution in [3.63, 3.8) is 0 Å². The molecule has 1 aromatic carbocycles. The molecular formula is C20H26N2O4S2. The average molecular weight is 423 g/mol. The van der Waals surface area contributed by atoms with Gasteiger partial charge in [-0.05, 0) is 52.2 Å². The number of carbonyl (C=O) groups is 1. The molecule has 0 spiro atoms. The maximum absolute atomic E-state index is 12.3. The summed E-state index contributed by atoms with van der Waals surface area (Å²) in [6.45, 7) is 6.23. The zero-order chi connectivity index (χ0) is 20.5. The van der Waals surface area contributed by atoms with Gasteiger partial charge in [-0.25, -0.2) is 18.2 Å². The van der Waals surface area contributed by atoms with Crippen molar-refractivity contribution in [3.05, 3.63) is 34.7 Å². The van der Waals surface area contributed by atoms with Crippen LogP contribution in [-0.4, -0.2) is 37.2 Å². The zero-order valence-electron chi connectivity index (χ0n) is 16.6. The van der Waals surface area contributed by atoms with E-state index in [9.17, 15) is 13.2 Å². The molecule has 0 aliphatic carbocycles. The van der Waals surface area contributed by atoms with Crippen molar-refractivity contribution in [1.29, 1.82) is 0 Å². The van der Waals surface area contributed by atoms with Gasteiger partial charge in [0.1, 0.15) is 5.01 Å². The van der Waals surface area contributed by atoms with Gasteiger partial charge >= 0.3 is 5.97 Å². The van der Waals surface area contributed by atoms with Crippen LogP contribution in [0.1, 0.15) is 51.1 Å². The molecule has 1 aromatic heterocycles. The molecular weight excluding hydrogens is 396 g/mol. The first-order chi connectivity index (χ1) is 13.1. The number of nitrogens with zero attached hydrogens (tertiary/aromatic N) is 2. The monoisotopic (exact) mass is 422 g/mol. The van der Waals surface area contributed by atoms with Gasteiger partial charge in [-0.3, -0.25) is 0 Å². The normalized spacial score (nSPS) is 18.8. The van der Waals surface area contributed by atoms with Crippen LogP contribution in [0.25, 0.3) is 11.3 Å². The highest BCUT2D eigenvalue weighted by molar-refractivity contribution is 7.90. The first kappa shape index (κ1) is 21.0. The molecule has 1 atom stereocenters. The van der Waals surface area contributed by atoms with E-state index in [1.165, 1.54) is 17.6 Å². The maximum atomic E-state index is 12.3. The fourth-order valence-corrected chi connectivity index (χ4v) is 4.55. The first-order valence-electron chi connectivity index (χ1n) is 9.30. The van der Waals surface area contributed by atoms with Crippen molar-refractivity contribution >= 4 is 27.1 Å². The van der Waals surface area contributed by atoms with Crippen LogP contribution in [0.15, 0.2) is 34.5 Å². The molecule has 0 amide bonds. The summed E-state index contributed by atoms with van der Waals surface area (Å²) in [5.41, 5.74) is 1.11. The average Bonchev–Trinajstić information content (AvgIpc) is 3.10. The molecule has 2 aromatic rings. The number of sulfone groups is 1. The Morgan fingerprint density at radius 3 is 2.50 bits per heavy atom. The predicted octanol–water partition coefficient (Wildman–Crippen LogP) is 4.24. The van der Waals surface area contributed by atoms with Crippen molar-refractivity contribution in [1.82, 2.24) is 10.0 Å². The van der Waals surface area contributed by atoms with Gasteiger partial charge in [0.15, 0.2) is 9.84 Å². The molecule has 152 valence electrons. The Morgan fingerprint density at radius 2 is 1.89 bits per heavy atom. The van der Waals surface area contributed by atoms with E-state index >= 15 is 0 Å². The molecule has 0 radical (unpaired) electrons. The highest BCUT2D eigenvalue weighted by Gasteiger charge is 2.33. The Kier molecular flexibility index (Phi) is 5.93. The molecule has 0 unspecified atom stereocenters. The summed E-state index contributed by atoms with van der Waals surface area (Å²) in [5, 5.41) is 4.64. The fourth-order valence-electron chi connectivity index (χ4n) is 2.95. The molecule has 0 N–H and O–H groups in total. The van der Waals surface area contributed by atoms with Gasteiger partial charge in [-0.15, -0.1) is 16.4 Å². The van der Waals surface area contributed by atoms with E-state index in [0.29, 0.717) is 11.4 Å². The summed E-state index contributed by atoms with van der Waals surface area (Å²) < 4.78 is 23.3. The summed E-state index contributed by atoms with van der Waals surface area (Å²) in [7, 11) is -3.22. The van der Waals surface area contributed by atoms with Gasteiger partial charge in [-0.2, -0.15) is 0 Å². The third-order valence-corrected chi connectivity index (χ3v) is 6.73. The lowest BCUT2D eigenvalue weighted by Gasteiger charge is -2.34. The molecule has 1 saturated heterocycles. The highest BCUT2D eigenvalue weighted by Crippen LogP contribution is 2.35. The topological polar surface area (TPSA) is 76.6 Å². The van der Waals surface area contributed by atoms with Gasteiger partial charge in [0.05, 0.1) is 22.0 Å². The number of hydrogen-bond acceptors (Lipinski definition) is 7. The number of rotatable bonds is 4. The van der Waals surface area contributed by atoms with Crippen molar-refractivity contribution in [2.24, 2.45) is 5.41 Å². The molecule has 0 saturated carbocycles. The Bertz CT molecular complexity index is 943. The molecule has 1 aliphatic rings. The smallest absolute Gasteiger partial charge is 0.330 e. The third kappa shape index (κ3) is 4.79. The fraction of sp³-hybridized carbons (Fsp3) is 0.500. The number of hydroxylamine groups is 2. The van der Waals surface area contributed by atoms with Crippen molar-refractivity contribution in [2.45, 2.75) is 51.0 Å². The van der Waals surface area contributed by atoms with E-state index in [4.69, 9.17) is 9.82 Å². The Balaban J connectivity index is 1.80. The SMILES string of the molecule is CC(C)(C)C(=O)ON1CCCC[C@@H]1c1nc(-c2ccc(S(C)(=O)=O)cc2)cs1. The van der Waals surface area contributed by atoms with Crippen LogP contribution in [0.4, 0.5) is 0 Å². The van der Waals surface area contributed by atoms with E-state index in [2.05, 4.69) is 0 Å². The molecule has 8 heteroatoms. The molecule has 1 fully saturated rings. The van der Waals surface area contributed by atoms with Crippen molar-refractivity contribution < 1.29 is 18.0 Å². The van der Waals surface area contributed by atoms with Crippen molar-refractivity contribution in [2.75, 3.05) is 12.8 Å². The first-order valence-corrected chi connectivity index (χ1v) is 12.1. The number of hydrogen-bond donors (Lipinski definition) is 0. The van der Waals surface area contributed by atoms with Gasteiger partial charge in [-0.1, -0.05) is 12.1 Å². The van der Waals surface area contributed by atoms with Crippen LogP contribution < -0.4 is 0 Å². The lowest BCUT2D eigenvalue weighted by atomic mass is 9.97. The minimum Gasteiger partial charge on any atom is -0.367 e. The van der Waals surface area contributed by atoms with Gasteiger partial charge in [0, 0.05) is 23.7 Å². The largest absolute Gasteiger partial charge is 0.367 e. The van der Waals surface area contributed by atoms with Crippen LogP contribution in [-0.2, 0) is 19.5 Å². The van der Waals surface area contributed by atoms with Crippen LogP contribution in [0, 0.1) is 5.41 Å². The summed E-state index contributed by atoms with van der Waals surface area (Å²) in [5.74, 6) is -0.243. The quantitative estimate of drug-likeness (QED) is 0.733.